The van der Waals surface area contributed by atoms with E-state index in [1.165, 1.54) is 14.7 Å². The first kappa shape index (κ1) is 19.4. The number of rotatable bonds is 7. The van der Waals surface area contributed by atoms with Crippen molar-refractivity contribution in [3.05, 3.63) is 70.1 Å². The lowest BCUT2D eigenvalue weighted by Crippen LogP contribution is -2.32. The van der Waals surface area contributed by atoms with Gasteiger partial charge in [0.2, 0.25) is 0 Å². The molecule has 7 heteroatoms. The number of esters is 1. The Balaban J connectivity index is 1.49. The minimum atomic E-state index is -0.632. The molecular formula is C21H23N3O4. The number of nitrogens with one attached hydrogen (secondary N) is 1. The van der Waals surface area contributed by atoms with Crippen molar-refractivity contribution in [1.29, 1.82) is 0 Å². The minimum absolute atomic E-state index is 0.239. The monoisotopic (exact) mass is 381 g/mol. The van der Waals surface area contributed by atoms with Crippen molar-refractivity contribution < 1.29 is 14.3 Å². The summed E-state index contributed by atoms with van der Waals surface area (Å²) in [6.45, 7) is 1.88. The SMILES string of the molecule is Cc1ccccc1CCNC(=O)COC(=O)Cn1c(=O)n(C)c2ccccc21. The number of ether oxygens (including phenoxy) is 1. The van der Waals surface area contributed by atoms with Crippen molar-refractivity contribution in [3.63, 3.8) is 0 Å². The molecule has 0 unspecified atom stereocenters. The lowest BCUT2D eigenvalue weighted by molar-refractivity contribution is -0.149. The lowest BCUT2D eigenvalue weighted by Gasteiger charge is -2.08. The molecule has 0 spiro atoms. The van der Waals surface area contributed by atoms with Gasteiger partial charge in [-0.3, -0.25) is 18.7 Å². The van der Waals surface area contributed by atoms with E-state index in [-0.39, 0.29) is 24.7 Å². The number of nitrogens with zero attached hydrogens (tertiary/aromatic N) is 2. The quantitative estimate of drug-likeness (QED) is 0.630. The number of fused-ring (bicyclic) bond motifs is 1. The smallest absolute Gasteiger partial charge is 0.329 e. The molecule has 7 nitrogen and oxygen atoms in total. The van der Waals surface area contributed by atoms with Crippen LogP contribution in [0.4, 0.5) is 0 Å². The summed E-state index contributed by atoms with van der Waals surface area (Å²) in [5, 5.41) is 2.73. The zero-order valence-electron chi connectivity index (χ0n) is 16.0. The third-order valence-electron chi connectivity index (χ3n) is 4.68. The van der Waals surface area contributed by atoms with Gasteiger partial charge in [0, 0.05) is 13.6 Å². The molecule has 1 aromatic heterocycles. The Morgan fingerprint density at radius 2 is 1.71 bits per heavy atom. The Bertz CT molecular complexity index is 1060. The molecule has 146 valence electrons. The molecule has 28 heavy (non-hydrogen) atoms. The molecule has 0 bridgehead atoms. The first-order valence-electron chi connectivity index (χ1n) is 9.08. The number of hydrogen-bond donors (Lipinski definition) is 1. The van der Waals surface area contributed by atoms with Gasteiger partial charge in [-0.05, 0) is 36.6 Å². The number of para-hydroxylation sites is 2. The van der Waals surface area contributed by atoms with E-state index in [4.69, 9.17) is 4.74 Å². The Labute approximate surface area is 162 Å². The molecule has 0 aliphatic carbocycles. The van der Waals surface area contributed by atoms with Crippen molar-refractivity contribution in [2.45, 2.75) is 19.9 Å². The first-order valence-corrected chi connectivity index (χ1v) is 9.08. The Kier molecular flexibility index (Phi) is 5.93. The van der Waals surface area contributed by atoms with E-state index < -0.39 is 5.97 Å². The maximum absolute atomic E-state index is 12.3. The second-order valence-corrected chi connectivity index (χ2v) is 6.60. The van der Waals surface area contributed by atoms with E-state index in [0.717, 1.165) is 11.1 Å². The maximum Gasteiger partial charge on any atom is 0.329 e. The van der Waals surface area contributed by atoms with Crippen LogP contribution in [-0.4, -0.2) is 34.2 Å². The van der Waals surface area contributed by atoms with Crippen LogP contribution in [0.1, 0.15) is 11.1 Å². The second kappa shape index (κ2) is 8.56. The molecule has 0 saturated carbocycles. The number of benzene rings is 2. The average molecular weight is 381 g/mol. The molecule has 3 aromatic rings. The Hall–Kier alpha value is -3.35. The molecule has 0 aliphatic rings. The summed E-state index contributed by atoms with van der Waals surface area (Å²) in [7, 11) is 1.65. The van der Waals surface area contributed by atoms with Crippen LogP contribution >= 0.6 is 0 Å². The predicted molar refractivity (Wildman–Crippen MR) is 106 cm³/mol. The molecule has 1 heterocycles. The molecule has 0 fully saturated rings. The van der Waals surface area contributed by atoms with Gasteiger partial charge in [0.05, 0.1) is 11.0 Å². The topological polar surface area (TPSA) is 82.3 Å². The number of hydrogen-bond acceptors (Lipinski definition) is 4. The number of imidazole rings is 1. The van der Waals surface area contributed by atoms with Gasteiger partial charge in [0.15, 0.2) is 6.61 Å². The summed E-state index contributed by atoms with van der Waals surface area (Å²) in [5.41, 5.74) is 3.41. The fraction of sp³-hybridized carbons (Fsp3) is 0.286. The fourth-order valence-corrected chi connectivity index (χ4v) is 3.11. The van der Waals surface area contributed by atoms with Crippen molar-refractivity contribution in [3.8, 4) is 0 Å². The average Bonchev–Trinajstić information content (AvgIpc) is 2.93. The van der Waals surface area contributed by atoms with Gasteiger partial charge in [0.25, 0.3) is 5.91 Å². The van der Waals surface area contributed by atoms with Crippen LogP contribution in [0.3, 0.4) is 0 Å². The summed E-state index contributed by atoms with van der Waals surface area (Å²) in [6.07, 6.45) is 0.706. The van der Waals surface area contributed by atoms with Gasteiger partial charge >= 0.3 is 11.7 Å². The second-order valence-electron chi connectivity index (χ2n) is 6.60. The summed E-state index contributed by atoms with van der Waals surface area (Å²) in [5.74, 6) is -1.00. The standard InChI is InChI=1S/C21H23N3O4/c1-15-7-3-4-8-16(15)11-12-22-19(25)14-28-20(26)13-24-18-10-6-5-9-17(18)23(2)21(24)27/h3-10H,11-14H2,1-2H3,(H,22,25). The van der Waals surface area contributed by atoms with Crippen LogP contribution in [0.15, 0.2) is 53.3 Å². The molecule has 2 aromatic carbocycles. The van der Waals surface area contributed by atoms with Crippen molar-refractivity contribution in [2.24, 2.45) is 7.05 Å². The molecule has 0 atom stereocenters. The zero-order valence-corrected chi connectivity index (χ0v) is 16.0. The van der Waals surface area contributed by atoms with Crippen LogP contribution in [0.5, 0.6) is 0 Å². The van der Waals surface area contributed by atoms with Crippen molar-refractivity contribution in [1.82, 2.24) is 14.5 Å². The number of amides is 1. The summed E-state index contributed by atoms with van der Waals surface area (Å²) >= 11 is 0. The zero-order chi connectivity index (χ0) is 20.1. The molecular weight excluding hydrogens is 358 g/mol. The summed E-state index contributed by atoms with van der Waals surface area (Å²) in [6, 6.07) is 15.2. The number of aryl methyl sites for hydroxylation is 2. The van der Waals surface area contributed by atoms with Gasteiger partial charge in [-0.15, -0.1) is 0 Å². The minimum Gasteiger partial charge on any atom is -0.454 e. The highest BCUT2D eigenvalue weighted by molar-refractivity contribution is 5.82. The van der Waals surface area contributed by atoms with Gasteiger partial charge in [0.1, 0.15) is 6.54 Å². The Morgan fingerprint density at radius 1 is 1.04 bits per heavy atom. The van der Waals surface area contributed by atoms with E-state index in [1.54, 1.807) is 25.2 Å². The van der Waals surface area contributed by atoms with Crippen LogP contribution in [0.25, 0.3) is 11.0 Å². The van der Waals surface area contributed by atoms with Gasteiger partial charge in [-0.2, -0.15) is 0 Å². The third kappa shape index (κ3) is 4.31. The van der Waals surface area contributed by atoms with Gasteiger partial charge in [-0.25, -0.2) is 4.79 Å². The highest BCUT2D eigenvalue weighted by atomic mass is 16.5. The van der Waals surface area contributed by atoms with Crippen molar-refractivity contribution in [2.75, 3.05) is 13.2 Å². The highest BCUT2D eigenvalue weighted by Gasteiger charge is 2.15. The van der Waals surface area contributed by atoms with Crippen LogP contribution < -0.4 is 11.0 Å². The molecule has 1 N–H and O–H groups in total. The number of carbonyl (C=O) groups is 2. The van der Waals surface area contributed by atoms with E-state index in [2.05, 4.69) is 5.32 Å². The first-order chi connectivity index (χ1) is 13.5. The maximum atomic E-state index is 12.3. The molecule has 1 amide bonds. The van der Waals surface area contributed by atoms with Crippen LogP contribution in [-0.2, 0) is 34.3 Å². The van der Waals surface area contributed by atoms with E-state index >= 15 is 0 Å². The van der Waals surface area contributed by atoms with E-state index in [9.17, 15) is 14.4 Å². The van der Waals surface area contributed by atoms with Gasteiger partial charge in [-0.1, -0.05) is 36.4 Å². The normalized spacial score (nSPS) is 10.8. The highest BCUT2D eigenvalue weighted by Crippen LogP contribution is 2.11. The number of carbonyl (C=O) groups excluding carboxylic acids is 2. The Morgan fingerprint density at radius 3 is 2.46 bits per heavy atom. The fourth-order valence-electron chi connectivity index (χ4n) is 3.11. The summed E-state index contributed by atoms with van der Waals surface area (Å²) in [4.78, 5) is 36.3. The van der Waals surface area contributed by atoms with Crippen LogP contribution in [0.2, 0.25) is 0 Å². The van der Waals surface area contributed by atoms with E-state index in [1.807, 2.05) is 37.3 Å². The molecule has 0 aliphatic heterocycles. The number of aromatic nitrogens is 2. The van der Waals surface area contributed by atoms with E-state index in [0.29, 0.717) is 18.5 Å². The molecule has 3 rings (SSSR count). The van der Waals surface area contributed by atoms with Crippen molar-refractivity contribution >= 4 is 22.9 Å². The van der Waals surface area contributed by atoms with Gasteiger partial charge < -0.3 is 10.1 Å². The third-order valence-corrected chi connectivity index (χ3v) is 4.68. The largest absolute Gasteiger partial charge is 0.454 e. The molecule has 0 saturated heterocycles. The predicted octanol–water partition coefficient (Wildman–Crippen LogP) is 1.55. The lowest BCUT2D eigenvalue weighted by atomic mass is 10.1. The molecule has 0 radical (unpaired) electrons. The summed E-state index contributed by atoms with van der Waals surface area (Å²) < 4.78 is 7.84. The van der Waals surface area contributed by atoms with Crippen LogP contribution in [0, 0.1) is 6.92 Å².